The number of benzene rings is 1. The standard InChI is InChI=1S/C22H31N5O2S2/c1-2-26-21(18-7-8-18)23-27(22(26)30)16-24-11-13-25(14-12-24)31(28,29)20-10-9-17-5-3-4-6-19(17)15-20/h9-10,15,18H,2-8,11-14,16H2,1H3. The number of nitrogens with zero attached hydrogens (tertiary/aromatic N) is 5. The van der Waals surface area contributed by atoms with Crippen LogP contribution in [0.4, 0.5) is 0 Å². The minimum atomic E-state index is -3.45. The lowest BCUT2D eigenvalue weighted by molar-refractivity contribution is 0.144. The third-order valence-corrected chi connectivity index (χ3v) is 9.16. The van der Waals surface area contributed by atoms with Gasteiger partial charge < -0.3 is 4.57 Å². The summed E-state index contributed by atoms with van der Waals surface area (Å²) in [5.74, 6) is 1.67. The summed E-state index contributed by atoms with van der Waals surface area (Å²) in [5.41, 5.74) is 2.52. The molecule has 1 saturated carbocycles. The topological polar surface area (TPSA) is 63.4 Å². The number of hydrogen-bond acceptors (Lipinski definition) is 5. The van der Waals surface area contributed by atoms with E-state index in [-0.39, 0.29) is 0 Å². The van der Waals surface area contributed by atoms with Crippen LogP contribution in [0, 0.1) is 4.77 Å². The highest BCUT2D eigenvalue weighted by Crippen LogP contribution is 2.39. The second-order valence-electron chi connectivity index (χ2n) is 8.96. The van der Waals surface area contributed by atoms with E-state index in [9.17, 15) is 8.42 Å². The summed E-state index contributed by atoms with van der Waals surface area (Å²) in [6.45, 7) is 5.94. The molecule has 0 amide bonds. The minimum Gasteiger partial charge on any atom is -0.304 e. The van der Waals surface area contributed by atoms with Crippen molar-refractivity contribution >= 4 is 22.2 Å². The molecule has 2 aromatic rings. The van der Waals surface area contributed by atoms with Gasteiger partial charge >= 0.3 is 0 Å². The molecule has 2 fully saturated rings. The molecule has 0 unspecified atom stereocenters. The zero-order chi connectivity index (χ0) is 21.6. The Kier molecular flexibility index (Phi) is 5.79. The van der Waals surface area contributed by atoms with E-state index in [1.807, 2.05) is 16.8 Å². The lowest BCUT2D eigenvalue weighted by Gasteiger charge is -2.33. The molecule has 1 aromatic heterocycles. The maximum absolute atomic E-state index is 13.2. The van der Waals surface area contributed by atoms with Gasteiger partial charge in [-0.25, -0.2) is 13.1 Å². The number of aromatic nitrogens is 3. The van der Waals surface area contributed by atoms with Gasteiger partial charge in [0.1, 0.15) is 5.82 Å². The molecule has 9 heteroatoms. The number of aryl methyl sites for hydroxylation is 2. The average Bonchev–Trinajstić information content (AvgIpc) is 3.59. The molecule has 0 spiro atoms. The molecule has 2 aliphatic carbocycles. The second kappa shape index (κ2) is 8.42. The van der Waals surface area contributed by atoms with Crippen molar-refractivity contribution in [2.75, 3.05) is 26.2 Å². The van der Waals surface area contributed by atoms with Gasteiger partial charge in [0.25, 0.3) is 0 Å². The lowest BCUT2D eigenvalue weighted by Crippen LogP contribution is -2.49. The van der Waals surface area contributed by atoms with Crippen LogP contribution in [0.15, 0.2) is 23.1 Å². The van der Waals surface area contributed by atoms with E-state index in [0.29, 0.717) is 43.7 Å². The van der Waals surface area contributed by atoms with Crippen molar-refractivity contribution in [3.05, 3.63) is 39.9 Å². The second-order valence-corrected chi connectivity index (χ2v) is 11.3. The molecule has 0 N–H and O–H groups in total. The summed E-state index contributed by atoms with van der Waals surface area (Å²) in [6.07, 6.45) is 6.79. The van der Waals surface area contributed by atoms with Crippen LogP contribution in [0.3, 0.4) is 0 Å². The molecule has 7 nitrogen and oxygen atoms in total. The fraction of sp³-hybridized carbons (Fsp3) is 0.636. The number of fused-ring (bicyclic) bond motifs is 1. The van der Waals surface area contributed by atoms with Crippen LogP contribution in [0.1, 0.15) is 55.5 Å². The van der Waals surface area contributed by atoms with Gasteiger partial charge in [-0.3, -0.25) is 4.90 Å². The highest BCUT2D eigenvalue weighted by atomic mass is 32.2. The maximum atomic E-state index is 13.2. The van der Waals surface area contributed by atoms with Gasteiger partial charge in [0, 0.05) is 38.6 Å². The summed E-state index contributed by atoms with van der Waals surface area (Å²) in [4.78, 5) is 2.69. The zero-order valence-electron chi connectivity index (χ0n) is 18.2. The maximum Gasteiger partial charge on any atom is 0.243 e. The van der Waals surface area contributed by atoms with Gasteiger partial charge in [-0.15, -0.1) is 0 Å². The highest BCUT2D eigenvalue weighted by Gasteiger charge is 2.32. The van der Waals surface area contributed by atoms with Gasteiger partial charge in [-0.2, -0.15) is 9.40 Å². The average molecular weight is 462 g/mol. The Morgan fingerprint density at radius 2 is 1.77 bits per heavy atom. The van der Waals surface area contributed by atoms with Crippen molar-refractivity contribution in [3.63, 3.8) is 0 Å². The Morgan fingerprint density at radius 1 is 1.06 bits per heavy atom. The van der Waals surface area contributed by atoms with Gasteiger partial charge in [-0.1, -0.05) is 6.07 Å². The van der Waals surface area contributed by atoms with E-state index in [1.54, 1.807) is 10.4 Å². The van der Waals surface area contributed by atoms with Crippen LogP contribution in [0.5, 0.6) is 0 Å². The first-order valence-electron chi connectivity index (χ1n) is 11.5. The Hall–Kier alpha value is -1.55. The van der Waals surface area contributed by atoms with E-state index in [2.05, 4.69) is 16.4 Å². The van der Waals surface area contributed by atoms with Gasteiger partial charge in [-0.05, 0) is 80.9 Å². The molecule has 3 aliphatic rings. The molecular formula is C22H31N5O2S2. The highest BCUT2D eigenvalue weighted by molar-refractivity contribution is 7.89. The van der Waals surface area contributed by atoms with E-state index in [1.165, 1.54) is 30.4 Å². The van der Waals surface area contributed by atoms with Crippen LogP contribution in [0.2, 0.25) is 0 Å². The molecule has 0 atom stereocenters. The normalized spacial score (nSPS) is 20.7. The predicted octanol–water partition coefficient (Wildman–Crippen LogP) is 3.15. The summed E-state index contributed by atoms with van der Waals surface area (Å²) < 4.78 is 32.9. The van der Waals surface area contributed by atoms with Crippen LogP contribution in [0.25, 0.3) is 0 Å². The SMILES string of the molecule is CCn1c(C2CC2)nn(CN2CCN(S(=O)(=O)c3ccc4c(c3)CCCC4)CC2)c1=S. The van der Waals surface area contributed by atoms with Crippen molar-refractivity contribution in [3.8, 4) is 0 Å². The fourth-order valence-corrected chi connectivity index (χ4v) is 6.61. The third kappa shape index (κ3) is 4.13. The van der Waals surface area contributed by atoms with E-state index < -0.39 is 10.0 Å². The first-order valence-corrected chi connectivity index (χ1v) is 13.3. The minimum absolute atomic E-state index is 0.444. The van der Waals surface area contributed by atoms with Crippen molar-refractivity contribution in [1.82, 2.24) is 23.6 Å². The van der Waals surface area contributed by atoms with Gasteiger partial charge in [0.15, 0.2) is 4.77 Å². The first-order chi connectivity index (χ1) is 15.0. The van der Waals surface area contributed by atoms with Crippen LogP contribution < -0.4 is 0 Å². The zero-order valence-corrected chi connectivity index (χ0v) is 19.8. The molecular weight excluding hydrogens is 430 g/mol. The summed E-state index contributed by atoms with van der Waals surface area (Å²) >= 11 is 5.65. The Bertz CT molecular complexity index is 1130. The quantitative estimate of drug-likeness (QED) is 0.619. The van der Waals surface area contributed by atoms with Crippen molar-refractivity contribution < 1.29 is 8.42 Å². The van der Waals surface area contributed by atoms with Crippen molar-refractivity contribution in [2.45, 2.75) is 69.5 Å². The molecule has 1 saturated heterocycles. The van der Waals surface area contributed by atoms with Crippen LogP contribution in [-0.2, 0) is 36.1 Å². The lowest BCUT2D eigenvalue weighted by atomic mass is 9.92. The summed E-state index contributed by atoms with van der Waals surface area (Å²) in [5, 5.41) is 4.79. The molecule has 1 aromatic carbocycles. The summed E-state index contributed by atoms with van der Waals surface area (Å²) in [7, 11) is -3.45. The Labute approximate surface area is 189 Å². The van der Waals surface area contributed by atoms with E-state index in [4.69, 9.17) is 17.3 Å². The smallest absolute Gasteiger partial charge is 0.243 e. The summed E-state index contributed by atoms with van der Waals surface area (Å²) in [6, 6.07) is 5.72. The molecule has 2 heterocycles. The van der Waals surface area contributed by atoms with Crippen molar-refractivity contribution in [2.24, 2.45) is 0 Å². The van der Waals surface area contributed by atoms with Gasteiger partial charge in [0.05, 0.1) is 11.6 Å². The van der Waals surface area contributed by atoms with Crippen LogP contribution >= 0.6 is 12.2 Å². The fourth-order valence-electron chi connectivity index (χ4n) is 4.81. The van der Waals surface area contributed by atoms with E-state index in [0.717, 1.165) is 36.4 Å². The molecule has 1 aliphatic heterocycles. The first kappa shape index (κ1) is 21.3. The molecule has 31 heavy (non-hydrogen) atoms. The third-order valence-electron chi connectivity index (χ3n) is 6.83. The Morgan fingerprint density at radius 3 is 2.45 bits per heavy atom. The number of rotatable bonds is 6. The number of piperazine rings is 1. The monoisotopic (exact) mass is 461 g/mol. The largest absolute Gasteiger partial charge is 0.304 e. The van der Waals surface area contributed by atoms with Crippen molar-refractivity contribution in [1.29, 1.82) is 0 Å². The molecule has 5 rings (SSSR count). The number of sulfonamides is 1. The van der Waals surface area contributed by atoms with Crippen LogP contribution in [-0.4, -0.2) is 58.1 Å². The Balaban J connectivity index is 1.26. The van der Waals surface area contributed by atoms with Gasteiger partial charge in [0.2, 0.25) is 10.0 Å². The molecule has 0 radical (unpaired) electrons. The predicted molar refractivity (Wildman–Crippen MR) is 122 cm³/mol. The van der Waals surface area contributed by atoms with E-state index >= 15 is 0 Å². The molecule has 0 bridgehead atoms. The number of hydrogen-bond donors (Lipinski definition) is 0. The molecule has 168 valence electrons.